The first-order valence-corrected chi connectivity index (χ1v) is 9.29. The molecule has 1 saturated carbocycles. The van der Waals surface area contributed by atoms with E-state index < -0.39 is 0 Å². The van der Waals surface area contributed by atoms with E-state index in [-0.39, 0.29) is 24.0 Å². The molecule has 0 radical (unpaired) electrons. The second-order valence-electron chi connectivity index (χ2n) is 7.42. The molecule has 0 unspecified atom stereocenters. The van der Waals surface area contributed by atoms with Crippen LogP contribution >= 0.6 is 0 Å². The minimum absolute atomic E-state index is 0.0389. The maximum atomic E-state index is 12.5. The Morgan fingerprint density at radius 2 is 2.31 bits per heavy atom. The van der Waals surface area contributed by atoms with E-state index in [9.17, 15) is 9.90 Å². The van der Waals surface area contributed by atoms with Gasteiger partial charge in [-0.2, -0.15) is 5.10 Å². The Morgan fingerprint density at radius 3 is 3.04 bits per heavy atom. The van der Waals surface area contributed by atoms with Gasteiger partial charge in [0, 0.05) is 26.1 Å². The third-order valence-corrected chi connectivity index (χ3v) is 5.41. The molecule has 138 valence electrons. The van der Waals surface area contributed by atoms with Crippen LogP contribution in [0.25, 0.3) is 0 Å². The molecule has 1 aromatic heterocycles. The normalized spacial score (nSPS) is 22.2. The molecule has 4 rings (SSSR count). The van der Waals surface area contributed by atoms with Crippen molar-refractivity contribution in [2.45, 2.75) is 44.2 Å². The molecule has 26 heavy (non-hydrogen) atoms. The smallest absolute Gasteiger partial charge is 0.220 e. The number of rotatable bonds is 6. The van der Waals surface area contributed by atoms with Crippen LogP contribution in [0, 0.1) is 5.92 Å². The predicted octanol–water partition coefficient (Wildman–Crippen LogP) is 1.92. The molecule has 1 aliphatic carbocycles. The average Bonchev–Trinajstić information content (AvgIpc) is 3.23. The summed E-state index contributed by atoms with van der Waals surface area (Å²) < 4.78 is 7.33. The zero-order chi connectivity index (χ0) is 18.1. The van der Waals surface area contributed by atoms with Crippen molar-refractivity contribution in [1.82, 2.24) is 15.1 Å². The van der Waals surface area contributed by atoms with Crippen LogP contribution < -0.4 is 10.1 Å². The summed E-state index contributed by atoms with van der Waals surface area (Å²) in [5.41, 5.74) is 3.38. The van der Waals surface area contributed by atoms with Crippen molar-refractivity contribution in [2.24, 2.45) is 13.0 Å². The lowest BCUT2D eigenvalue weighted by atomic mass is 9.74. The standard InChI is InChI=1S/C20H25N3O3/c1-23-12-13(11-21-23)2-5-19(25)22-20(16-9-17(24)10-16)15-3-4-18-14(8-15)6-7-26-18/h3-4,8,11-12,16-17,20,24H,2,5-7,9-10H2,1H3,(H,22,25)/t16?,17?,20-/m0/s1. The third kappa shape index (κ3) is 3.60. The van der Waals surface area contributed by atoms with Crippen molar-refractivity contribution in [1.29, 1.82) is 0 Å². The van der Waals surface area contributed by atoms with E-state index in [0.717, 1.165) is 42.7 Å². The number of aromatic nitrogens is 2. The van der Waals surface area contributed by atoms with Gasteiger partial charge in [0.2, 0.25) is 5.91 Å². The Bertz CT molecular complexity index is 795. The van der Waals surface area contributed by atoms with Crippen molar-refractivity contribution >= 4 is 5.91 Å². The summed E-state index contributed by atoms with van der Waals surface area (Å²) in [6.45, 7) is 0.725. The zero-order valence-corrected chi connectivity index (χ0v) is 15.0. The number of aliphatic hydroxyl groups is 1. The number of aryl methyl sites for hydroxylation is 2. The zero-order valence-electron chi connectivity index (χ0n) is 15.0. The van der Waals surface area contributed by atoms with Crippen molar-refractivity contribution in [3.63, 3.8) is 0 Å². The summed E-state index contributed by atoms with van der Waals surface area (Å²) in [5, 5.41) is 17.1. The van der Waals surface area contributed by atoms with Crippen LogP contribution in [-0.2, 0) is 24.7 Å². The van der Waals surface area contributed by atoms with Crippen molar-refractivity contribution in [3.8, 4) is 5.75 Å². The van der Waals surface area contributed by atoms with Gasteiger partial charge < -0.3 is 15.2 Å². The van der Waals surface area contributed by atoms with Gasteiger partial charge in [-0.15, -0.1) is 0 Å². The van der Waals surface area contributed by atoms with Gasteiger partial charge in [0.1, 0.15) is 5.75 Å². The van der Waals surface area contributed by atoms with Gasteiger partial charge in [-0.1, -0.05) is 6.07 Å². The molecule has 0 saturated heterocycles. The number of carbonyl (C=O) groups excluding carboxylic acids is 1. The quantitative estimate of drug-likeness (QED) is 0.830. The number of amides is 1. The van der Waals surface area contributed by atoms with E-state index in [4.69, 9.17) is 4.74 Å². The fourth-order valence-corrected chi connectivity index (χ4v) is 3.88. The number of fused-ring (bicyclic) bond motifs is 1. The molecular formula is C20H25N3O3. The van der Waals surface area contributed by atoms with E-state index >= 15 is 0 Å². The molecule has 1 aliphatic heterocycles. The lowest BCUT2D eigenvalue weighted by Gasteiger charge is -2.38. The Kier molecular flexibility index (Phi) is 4.68. The second kappa shape index (κ2) is 7.11. The minimum atomic E-state index is -0.243. The molecule has 6 heteroatoms. The second-order valence-corrected chi connectivity index (χ2v) is 7.42. The minimum Gasteiger partial charge on any atom is -0.493 e. The molecule has 2 aliphatic rings. The summed E-state index contributed by atoms with van der Waals surface area (Å²) in [7, 11) is 1.87. The molecule has 1 amide bonds. The maximum absolute atomic E-state index is 12.5. The number of benzene rings is 1. The Balaban J connectivity index is 1.44. The van der Waals surface area contributed by atoms with Crippen LogP contribution in [-0.4, -0.2) is 33.5 Å². The van der Waals surface area contributed by atoms with Crippen molar-refractivity contribution in [2.75, 3.05) is 6.61 Å². The highest BCUT2D eigenvalue weighted by Gasteiger charge is 2.36. The largest absolute Gasteiger partial charge is 0.493 e. The van der Waals surface area contributed by atoms with E-state index in [2.05, 4.69) is 16.5 Å². The van der Waals surface area contributed by atoms with E-state index in [1.165, 1.54) is 5.56 Å². The Morgan fingerprint density at radius 1 is 1.46 bits per heavy atom. The molecule has 6 nitrogen and oxygen atoms in total. The highest BCUT2D eigenvalue weighted by Crippen LogP contribution is 2.39. The summed E-state index contributed by atoms with van der Waals surface area (Å²) in [4.78, 5) is 12.5. The number of aliphatic hydroxyl groups excluding tert-OH is 1. The SMILES string of the molecule is Cn1cc(CCC(=O)N[C@@H](c2ccc3c(c2)CCO3)C2CC(O)C2)cn1. The summed E-state index contributed by atoms with van der Waals surface area (Å²) in [5.74, 6) is 1.27. The maximum Gasteiger partial charge on any atom is 0.220 e. The monoisotopic (exact) mass is 355 g/mol. The highest BCUT2D eigenvalue weighted by atomic mass is 16.5. The third-order valence-electron chi connectivity index (χ3n) is 5.41. The first-order valence-electron chi connectivity index (χ1n) is 9.29. The van der Waals surface area contributed by atoms with Gasteiger partial charge in [-0.05, 0) is 54.0 Å². The van der Waals surface area contributed by atoms with Crippen molar-refractivity contribution in [3.05, 3.63) is 47.3 Å². The molecule has 2 aromatic rings. The highest BCUT2D eigenvalue weighted by molar-refractivity contribution is 5.76. The summed E-state index contributed by atoms with van der Waals surface area (Å²) in [6, 6.07) is 6.15. The van der Waals surface area contributed by atoms with E-state index in [0.29, 0.717) is 12.8 Å². The van der Waals surface area contributed by atoms with Crippen LogP contribution in [0.5, 0.6) is 5.75 Å². The first-order chi connectivity index (χ1) is 12.6. The molecule has 0 spiro atoms. The topological polar surface area (TPSA) is 76.4 Å². The number of hydrogen-bond donors (Lipinski definition) is 2. The lowest BCUT2D eigenvalue weighted by Crippen LogP contribution is -2.41. The number of nitrogens with one attached hydrogen (secondary N) is 1. The van der Waals surface area contributed by atoms with Crippen LogP contribution in [0.3, 0.4) is 0 Å². The van der Waals surface area contributed by atoms with E-state index in [1.807, 2.05) is 25.4 Å². The average molecular weight is 355 g/mol. The number of ether oxygens (including phenoxy) is 1. The van der Waals surface area contributed by atoms with Gasteiger partial charge in [0.15, 0.2) is 0 Å². The first kappa shape index (κ1) is 17.1. The van der Waals surface area contributed by atoms with Crippen LogP contribution in [0.4, 0.5) is 0 Å². The van der Waals surface area contributed by atoms with Gasteiger partial charge in [0.05, 0.1) is 24.9 Å². The molecule has 0 bridgehead atoms. The van der Waals surface area contributed by atoms with E-state index in [1.54, 1.807) is 10.9 Å². The predicted molar refractivity (Wildman–Crippen MR) is 96.8 cm³/mol. The molecule has 2 heterocycles. The van der Waals surface area contributed by atoms with Crippen LogP contribution in [0.1, 0.15) is 42.0 Å². The molecule has 1 atom stereocenters. The van der Waals surface area contributed by atoms with Crippen LogP contribution in [0.2, 0.25) is 0 Å². The number of nitrogens with zero attached hydrogens (tertiary/aromatic N) is 2. The lowest BCUT2D eigenvalue weighted by molar-refractivity contribution is -0.123. The fraction of sp³-hybridized carbons (Fsp3) is 0.500. The number of carbonyl (C=O) groups is 1. The Labute approximate surface area is 153 Å². The molecular weight excluding hydrogens is 330 g/mol. The van der Waals surface area contributed by atoms with Gasteiger partial charge >= 0.3 is 0 Å². The molecule has 1 fully saturated rings. The molecule has 1 aromatic carbocycles. The Hall–Kier alpha value is -2.34. The van der Waals surface area contributed by atoms with Gasteiger partial charge in [-0.3, -0.25) is 9.48 Å². The molecule has 2 N–H and O–H groups in total. The summed E-state index contributed by atoms with van der Waals surface area (Å²) >= 11 is 0. The van der Waals surface area contributed by atoms with Gasteiger partial charge in [-0.25, -0.2) is 0 Å². The summed E-state index contributed by atoms with van der Waals surface area (Å²) in [6.07, 6.45) is 7.00. The fourth-order valence-electron chi connectivity index (χ4n) is 3.88. The van der Waals surface area contributed by atoms with Crippen molar-refractivity contribution < 1.29 is 14.6 Å². The van der Waals surface area contributed by atoms with Gasteiger partial charge in [0.25, 0.3) is 0 Å². The number of hydrogen-bond acceptors (Lipinski definition) is 4. The van der Waals surface area contributed by atoms with Crippen LogP contribution in [0.15, 0.2) is 30.6 Å².